The molecule has 19 heavy (non-hydrogen) atoms. The molecule has 6 heteroatoms. The van der Waals surface area contributed by atoms with Crippen LogP contribution in [0.3, 0.4) is 0 Å². The van der Waals surface area contributed by atoms with E-state index in [9.17, 15) is 4.79 Å². The van der Waals surface area contributed by atoms with E-state index >= 15 is 0 Å². The number of nitrogens with zero attached hydrogens (tertiary/aromatic N) is 1. The predicted molar refractivity (Wildman–Crippen MR) is 71.2 cm³/mol. The third kappa shape index (κ3) is 4.09. The third-order valence-corrected chi connectivity index (χ3v) is 3.28. The van der Waals surface area contributed by atoms with Crippen molar-refractivity contribution in [1.82, 2.24) is 4.90 Å². The van der Waals surface area contributed by atoms with Crippen LogP contribution >= 0.6 is 11.6 Å². The number of carbonyl (C=O) groups is 1. The molecular formula is C13H16ClNO4. The maximum Gasteiger partial charge on any atom is 0.337 e. The summed E-state index contributed by atoms with van der Waals surface area (Å²) < 4.78 is 10.8. The fourth-order valence-electron chi connectivity index (χ4n) is 1.88. The molecule has 0 radical (unpaired) electrons. The summed E-state index contributed by atoms with van der Waals surface area (Å²) in [5, 5.41) is 9.17. The molecule has 0 bridgehead atoms. The summed E-state index contributed by atoms with van der Waals surface area (Å²) >= 11 is 5.79. The fraction of sp³-hybridized carbons (Fsp3) is 0.462. The monoisotopic (exact) mass is 285 g/mol. The first kappa shape index (κ1) is 14.1. The minimum atomic E-state index is -1.05. The molecule has 0 aliphatic carbocycles. The molecule has 1 aromatic rings. The van der Waals surface area contributed by atoms with Crippen LogP contribution in [0.5, 0.6) is 5.75 Å². The zero-order chi connectivity index (χ0) is 13.7. The summed E-state index contributed by atoms with van der Waals surface area (Å²) in [6.45, 7) is 4.64. The smallest absolute Gasteiger partial charge is 0.337 e. The summed E-state index contributed by atoms with van der Waals surface area (Å²) in [6, 6.07) is 4.66. The van der Waals surface area contributed by atoms with Crippen molar-refractivity contribution in [3.63, 3.8) is 0 Å². The highest BCUT2D eigenvalue weighted by molar-refractivity contribution is 6.33. The molecule has 1 aromatic carbocycles. The highest BCUT2D eigenvalue weighted by Crippen LogP contribution is 2.22. The number of halogens is 1. The Morgan fingerprint density at radius 3 is 2.84 bits per heavy atom. The second-order valence-electron chi connectivity index (χ2n) is 4.25. The maximum atomic E-state index is 10.9. The normalized spacial score (nSPS) is 16.3. The molecule has 104 valence electrons. The van der Waals surface area contributed by atoms with Gasteiger partial charge in [0.25, 0.3) is 0 Å². The van der Waals surface area contributed by atoms with Gasteiger partial charge in [0.1, 0.15) is 12.4 Å². The minimum Gasteiger partial charge on any atom is -0.492 e. The Hall–Kier alpha value is -1.30. The van der Waals surface area contributed by atoms with Gasteiger partial charge >= 0.3 is 5.97 Å². The molecule has 1 saturated heterocycles. The van der Waals surface area contributed by atoms with Crippen LogP contribution < -0.4 is 4.74 Å². The van der Waals surface area contributed by atoms with Gasteiger partial charge < -0.3 is 14.6 Å². The molecule has 1 heterocycles. The Morgan fingerprint density at radius 2 is 2.16 bits per heavy atom. The number of carboxylic acids is 1. The van der Waals surface area contributed by atoms with Crippen molar-refractivity contribution in [1.29, 1.82) is 0 Å². The molecule has 1 N–H and O–H groups in total. The average molecular weight is 286 g/mol. The molecule has 0 atom stereocenters. The molecule has 0 amide bonds. The average Bonchev–Trinajstić information content (AvgIpc) is 2.41. The van der Waals surface area contributed by atoms with E-state index in [4.69, 9.17) is 26.2 Å². The highest BCUT2D eigenvalue weighted by Gasteiger charge is 2.12. The maximum absolute atomic E-state index is 10.9. The van der Waals surface area contributed by atoms with Crippen LogP contribution in [-0.4, -0.2) is 55.4 Å². The summed E-state index contributed by atoms with van der Waals surface area (Å²) in [6.07, 6.45) is 0. The van der Waals surface area contributed by atoms with Gasteiger partial charge in [0.15, 0.2) is 0 Å². The SMILES string of the molecule is O=C(O)c1cc(OCCN2CCOCC2)ccc1Cl. The lowest BCUT2D eigenvalue weighted by atomic mass is 10.2. The van der Waals surface area contributed by atoms with Crippen LogP contribution in [0.15, 0.2) is 18.2 Å². The summed E-state index contributed by atoms with van der Waals surface area (Å²) in [4.78, 5) is 13.2. The number of morpholine rings is 1. The number of hydrogen-bond acceptors (Lipinski definition) is 4. The van der Waals surface area contributed by atoms with E-state index in [-0.39, 0.29) is 10.6 Å². The first-order valence-corrected chi connectivity index (χ1v) is 6.50. The van der Waals surface area contributed by atoms with Gasteiger partial charge in [-0.05, 0) is 18.2 Å². The summed E-state index contributed by atoms with van der Waals surface area (Å²) in [7, 11) is 0. The van der Waals surface area contributed by atoms with Gasteiger partial charge in [-0.1, -0.05) is 11.6 Å². The van der Waals surface area contributed by atoms with Crippen LogP contribution in [-0.2, 0) is 4.74 Å². The molecule has 0 saturated carbocycles. The van der Waals surface area contributed by atoms with Crippen molar-refractivity contribution in [2.24, 2.45) is 0 Å². The van der Waals surface area contributed by atoms with Crippen molar-refractivity contribution in [3.8, 4) is 5.75 Å². The van der Waals surface area contributed by atoms with Gasteiger partial charge in [-0.25, -0.2) is 4.79 Å². The lowest BCUT2D eigenvalue weighted by Gasteiger charge is -2.26. The van der Waals surface area contributed by atoms with Crippen LogP contribution in [0, 0.1) is 0 Å². The molecule has 1 fully saturated rings. The van der Waals surface area contributed by atoms with E-state index in [1.54, 1.807) is 6.07 Å². The van der Waals surface area contributed by atoms with E-state index < -0.39 is 5.97 Å². The Bertz CT molecular complexity index is 446. The van der Waals surface area contributed by atoms with Crippen molar-refractivity contribution in [2.45, 2.75) is 0 Å². The number of aromatic carboxylic acids is 1. The largest absolute Gasteiger partial charge is 0.492 e. The minimum absolute atomic E-state index is 0.0607. The highest BCUT2D eigenvalue weighted by atomic mass is 35.5. The number of rotatable bonds is 5. The van der Waals surface area contributed by atoms with Crippen LogP contribution in [0.1, 0.15) is 10.4 Å². The zero-order valence-corrected chi connectivity index (χ0v) is 11.2. The van der Waals surface area contributed by atoms with Gasteiger partial charge in [0, 0.05) is 19.6 Å². The van der Waals surface area contributed by atoms with Gasteiger partial charge in [-0.3, -0.25) is 4.90 Å². The Labute approximate surface area is 116 Å². The lowest BCUT2D eigenvalue weighted by molar-refractivity contribution is 0.0322. The van der Waals surface area contributed by atoms with E-state index in [2.05, 4.69) is 4.90 Å². The second-order valence-corrected chi connectivity index (χ2v) is 4.66. The number of carboxylic acid groups (broad SMARTS) is 1. The van der Waals surface area contributed by atoms with E-state index in [0.29, 0.717) is 12.4 Å². The molecule has 0 unspecified atom stereocenters. The Balaban J connectivity index is 1.85. The topological polar surface area (TPSA) is 59.0 Å². The quantitative estimate of drug-likeness (QED) is 0.893. The fourth-order valence-corrected chi connectivity index (χ4v) is 2.07. The van der Waals surface area contributed by atoms with Gasteiger partial charge in [-0.15, -0.1) is 0 Å². The lowest BCUT2D eigenvalue weighted by Crippen LogP contribution is -2.38. The van der Waals surface area contributed by atoms with Crippen LogP contribution in [0.25, 0.3) is 0 Å². The molecule has 2 rings (SSSR count). The third-order valence-electron chi connectivity index (χ3n) is 2.95. The molecule has 1 aliphatic heterocycles. The number of hydrogen-bond donors (Lipinski definition) is 1. The molecule has 1 aliphatic rings. The standard InChI is InChI=1S/C13H16ClNO4/c14-12-2-1-10(9-11(12)13(16)17)19-8-5-15-3-6-18-7-4-15/h1-2,9H,3-8H2,(H,16,17). The number of ether oxygens (including phenoxy) is 2. The van der Waals surface area contributed by atoms with Crippen molar-refractivity contribution in [3.05, 3.63) is 28.8 Å². The Kier molecular flexibility index (Phi) is 5.01. The predicted octanol–water partition coefficient (Wildman–Crippen LogP) is 1.75. The zero-order valence-electron chi connectivity index (χ0n) is 10.5. The molecular weight excluding hydrogens is 270 g/mol. The summed E-state index contributed by atoms with van der Waals surface area (Å²) in [5.41, 5.74) is 0.0607. The number of benzene rings is 1. The van der Waals surface area contributed by atoms with Crippen molar-refractivity contribution < 1.29 is 19.4 Å². The van der Waals surface area contributed by atoms with E-state index in [1.807, 2.05) is 0 Å². The van der Waals surface area contributed by atoms with E-state index in [1.165, 1.54) is 12.1 Å². The van der Waals surface area contributed by atoms with E-state index in [0.717, 1.165) is 32.8 Å². The van der Waals surface area contributed by atoms with Crippen LogP contribution in [0.4, 0.5) is 0 Å². The first-order chi connectivity index (χ1) is 9.16. The molecule has 0 aromatic heterocycles. The van der Waals surface area contributed by atoms with Crippen LogP contribution in [0.2, 0.25) is 5.02 Å². The first-order valence-electron chi connectivity index (χ1n) is 6.12. The van der Waals surface area contributed by atoms with Gasteiger partial charge in [-0.2, -0.15) is 0 Å². The second kappa shape index (κ2) is 6.75. The van der Waals surface area contributed by atoms with Gasteiger partial charge in [0.2, 0.25) is 0 Å². The van der Waals surface area contributed by atoms with Crippen molar-refractivity contribution in [2.75, 3.05) is 39.5 Å². The van der Waals surface area contributed by atoms with Crippen molar-refractivity contribution >= 4 is 17.6 Å². The summed E-state index contributed by atoms with van der Waals surface area (Å²) in [5.74, 6) is -0.529. The molecule has 5 nitrogen and oxygen atoms in total. The van der Waals surface area contributed by atoms with Gasteiger partial charge in [0.05, 0.1) is 23.8 Å². The Morgan fingerprint density at radius 1 is 1.42 bits per heavy atom. The molecule has 0 spiro atoms.